The van der Waals surface area contributed by atoms with E-state index in [9.17, 15) is 4.79 Å². The minimum atomic E-state index is -0.844. The fourth-order valence-corrected chi connectivity index (χ4v) is 0.911. The lowest BCUT2D eigenvalue weighted by Gasteiger charge is -2.16. The van der Waals surface area contributed by atoms with Gasteiger partial charge in [-0.25, -0.2) is 0 Å². The van der Waals surface area contributed by atoms with E-state index in [-0.39, 0.29) is 5.97 Å². The molecule has 70 valence electrons. The van der Waals surface area contributed by atoms with Gasteiger partial charge >= 0.3 is 5.97 Å². The van der Waals surface area contributed by atoms with E-state index in [2.05, 4.69) is 0 Å². The molecule has 3 heteroatoms. The van der Waals surface area contributed by atoms with Crippen LogP contribution in [0, 0.1) is 5.92 Å². The zero-order valence-corrected chi connectivity index (χ0v) is 7.80. The molecule has 0 spiro atoms. The second kappa shape index (κ2) is 3.44. The normalized spacial score (nSPS) is 17.6. The lowest BCUT2D eigenvalue weighted by molar-refractivity contribution is -0.149. The van der Waals surface area contributed by atoms with Crippen LogP contribution in [-0.4, -0.2) is 18.1 Å². The quantitative estimate of drug-likeness (QED) is 0.644. The van der Waals surface area contributed by atoms with Crippen LogP contribution in [0.5, 0.6) is 0 Å². The van der Waals surface area contributed by atoms with Gasteiger partial charge in [0, 0.05) is 0 Å². The Morgan fingerprint density at radius 3 is 2.58 bits per heavy atom. The van der Waals surface area contributed by atoms with Gasteiger partial charge in [-0.15, -0.1) is 0 Å². The van der Waals surface area contributed by atoms with Crippen LogP contribution in [0.3, 0.4) is 0 Å². The lowest BCUT2D eigenvalue weighted by Crippen LogP contribution is -2.42. The predicted octanol–water partition coefficient (Wildman–Crippen LogP) is 1.07. The average molecular weight is 171 g/mol. The first kappa shape index (κ1) is 9.52. The van der Waals surface area contributed by atoms with Crippen LogP contribution < -0.4 is 5.73 Å². The van der Waals surface area contributed by atoms with E-state index in [1.807, 2.05) is 0 Å². The standard InChI is InChI=1S/C9H17NO2/c1-9(2,10)8(11)12-6-5-7-3-4-7/h7H,3-6,10H2,1-2H3. The van der Waals surface area contributed by atoms with Crippen molar-refractivity contribution in [2.75, 3.05) is 6.61 Å². The molecule has 0 unspecified atom stereocenters. The van der Waals surface area contributed by atoms with Crippen molar-refractivity contribution in [3.63, 3.8) is 0 Å². The molecule has 3 nitrogen and oxygen atoms in total. The highest BCUT2D eigenvalue weighted by Gasteiger charge is 2.25. The van der Waals surface area contributed by atoms with Gasteiger partial charge in [0.1, 0.15) is 5.54 Å². The van der Waals surface area contributed by atoms with Crippen LogP contribution >= 0.6 is 0 Å². The summed E-state index contributed by atoms with van der Waals surface area (Å²) in [7, 11) is 0. The number of ether oxygens (including phenoxy) is 1. The fourth-order valence-electron chi connectivity index (χ4n) is 0.911. The van der Waals surface area contributed by atoms with Crippen molar-refractivity contribution in [3.8, 4) is 0 Å². The first-order valence-electron chi connectivity index (χ1n) is 4.46. The van der Waals surface area contributed by atoms with Crippen LogP contribution in [0.4, 0.5) is 0 Å². The van der Waals surface area contributed by atoms with Gasteiger partial charge in [-0.3, -0.25) is 4.79 Å². The monoisotopic (exact) mass is 171 g/mol. The van der Waals surface area contributed by atoms with Crippen molar-refractivity contribution in [1.82, 2.24) is 0 Å². The van der Waals surface area contributed by atoms with Gasteiger partial charge in [-0.1, -0.05) is 12.8 Å². The number of carbonyl (C=O) groups excluding carboxylic acids is 1. The van der Waals surface area contributed by atoms with E-state index in [4.69, 9.17) is 10.5 Å². The molecule has 1 aliphatic rings. The lowest BCUT2D eigenvalue weighted by atomic mass is 10.1. The number of carbonyl (C=O) groups is 1. The molecule has 1 saturated carbocycles. The van der Waals surface area contributed by atoms with E-state index < -0.39 is 5.54 Å². The van der Waals surface area contributed by atoms with E-state index in [0.717, 1.165) is 12.3 Å². The summed E-state index contributed by atoms with van der Waals surface area (Å²) >= 11 is 0. The number of rotatable bonds is 4. The molecule has 0 heterocycles. The van der Waals surface area contributed by atoms with Crippen molar-refractivity contribution >= 4 is 5.97 Å². The summed E-state index contributed by atoms with van der Waals surface area (Å²) in [5.41, 5.74) is 4.69. The summed E-state index contributed by atoms with van der Waals surface area (Å²) in [5, 5.41) is 0. The zero-order chi connectivity index (χ0) is 9.19. The average Bonchev–Trinajstić information content (AvgIpc) is 2.69. The van der Waals surface area contributed by atoms with E-state index in [1.165, 1.54) is 12.8 Å². The maximum Gasteiger partial charge on any atom is 0.325 e. The molecule has 0 bridgehead atoms. The SMILES string of the molecule is CC(C)(N)C(=O)OCCC1CC1. The summed E-state index contributed by atoms with van der Waals surface area (Å²) in [5.74, 6) is 0.502. The summed E-state index contributed by atoms with van der Waals surface area (Å²) < 4.78 is 4.99. The minimum absolute atomic E-state index is 0.303. The predicted molar refractivity (Wildman–Crippen MR) is 46.6 cm³/mol. The van der Waals surface area contributed by atoms with Crippen LogP contribution in [0.2, 0.25) is 0 Å². The molecule has 0 aliphatic heterocycles. The Morgan fingerprint density at radius 1 is 1.58 bits per heavy atom. The third-order valence-corrected chi connectivity index (χ3v) is 1.98. The maximum atomic E-state index is 11.1. The van der Waals surface area contributed by atoms with E-state index in [0.29, 0.717) is 6.61 Å². The Kier molecular flexibility index (Phi) is 2.73. The van der Waals surface area contributed by atoms with E-state index in [1.54, 1.807) is 13.8 Å². The number of hydrogen-bond acceptors (Lipinski definition) is 3. The number of esters is 1. The van der Waals surface area contributed by atoms with Gasteiger partial charge in [0.2, 0.25) is 0 Å². The van der Waals surface area contributed by atoms with Crippen molar-refractivity contribution in [1.29, 1.82) is 0 Å². The highest BCUT2D eigenvalue weighted by Crippen LogP contribution is 2.32. The van der Waals surface area contributed by atoms with Crippen molar-refractivity contribution < 1.29 is 9.53 Å². The first-order valence-corrected chi connectivity index (χ1v) is 4.46. The molecule has 0 amide bonds. The Balaban J connectivity index is 2.08. The van der Waals surface area contributed by atoms with Gasteiger partial charge in [0.05, 0.1) is 6.61 Å². The highest BCUT2D eigenvalue weighted by molar-refractivity contribution is 5.79. The highest BCUT2D eigenvalue weighted by atomic mass is 16.5. The van der Waals surface area contributed by atoms with Crippen molar-refractivity contribution in [2.45, 2.75) is 38.6 Å². The molecule has 1 fully saturated rings. The summed E-state index contributed by atoms with van der Waals surface area (Å²) in [6.07, 6.45) is 3.59. The third kappa shape index (κ3) is 3.22. The molecule has 0 aromatic heterocycles. The summed E-state index contributed by atoms with van der Waals surface area (Å²) in [6, 6.07) is 0. The molecule has 0 radical (unpaired) electrons. The molecular formula is C9H17NO2. The molecule has 0 saturated heterocycles. The molecule has 0 aromatic rings. The van der Waals surface area contributed by atoms with Crippen LogP contribution in [-0.2, 0) is 9.53 Å². The smallest absolute Gasteiger partial charge is 0.325 e. The van der Waals surface area contributed by atoms with E-state index >= 15 is 0 Å². The Hall–Kier alpha value is -0.570. The van der Waals surface area contributed by atoms with Gasteiger partial charge < -0.3 is 10.5 Å². The second-order valence-electron chi connectivity index (χ2n) is 4.09. The third-order valence-electron chi connectivity index (χ3n) is 1.98. The summed E-state index contributed by atoms with van der Waals surface area (Å²) in [4.78, 5) is 11.1. The number of nitrogens with two attached hydrogens (primary N) is 1. The zero-order valence-electron chi connectivity index (χ0n) is 7.80. The molecule has 1 rings (SSSR count). The van der Waals surface area contributed by atoms with Crippen LogP contribution in [0.1, 0.15) is 33.1 Å². The minimum Gasteiger partial charge on any atom is -0.464 e. The van der Waals surface area contributed by atoms with Crippen LogP contribution in [0.15, 0.2) is 0 Å². The largest absolute Gasteiger partial charge is 0.464 e. The molecule has 0 atom stereocenters. The van der Waals surface area contributed by atoms with Gasteiger partial charge in [-0.05, 0) is 26.2 Å². The Bertz CT molecular complexity index is 168. The Labute approximate surface area is 73.3 Å². The molecular weight excluding hydrogens is 154 g/mol. The Morgan fingerprint density at radius 2 is 2.17 bits per heavy atom. The van der Waals surface area contributed by atoms with Crippen molar-refractivity contribution in [2.24, 2.45) is 11.7 Å². The molecule has 1 aliphatic carbocycles. The molecule has 12 heavy (non-hydrogen) atoms. The van der Waals surface area contributed by atoms with Gasteiger partial charge in [0.15, 0.2) is 0 Å². The van der Waals surface area contributed by atoms with Gasteiger partial charge in [0.25, 0.3) is 0 Å². The fraction of sp³-hybridized carbons (Fsp3) is 0.889. The first-order chi connectivity index (χ1) is 5.50. The molecule has 2 N–H and O–H groups in total. The maximum absolute atomic E-state index is 11.1. The second-order valence-corrected chi connectivity index (χ2v) is 4.09. The van der Waals surface area contributed by atoms with Crippen LogP contribution in [0.25, 0.3) is 0 Å². The number of hydrogen-bond donors (Lipinski definition) is 1. The molecule has 0 aromatic carbocycles. The topological polar surface area (TPSA) is 52.3 Å². The van der Waals surface area contributed by atoms with Crippen molar-refractivity contribution in [3.05, 3.63) is 0 Å². The summed E-state index contributed by atoms with van der Waals surface area (Å²) in [6.45, 7) is 3.85. The van der Waals surface area contributed by atoms with Gasteiger partial charge in [-0.2, -0.15) is 0 Å².